The SMILES string of the molecule is CC(C)(Cc1cccc(C2(C)C(=S)Nc3nc(-c4nn(CCC(F)(F)C(F)(F)F)c5cc(Cl)ccc45)nc(N)c32)c1)C(=O)O. The minimum absolute atomic E-state index is 0.00795. The van der Waals surface area contributed by atoms with Gasteiger partial charge in [-0.2, -0.15) is 27.1 Å². The number of alkyl halides is 5. The number of nitrogens with zero attached hydrogens (tertiary/aromatic N) is 4. The van der Waals surface area contributed by atoms with Crippen LogP contribution in [0.15, 0.2) is 42.5 Å². The maximum absolute atomic E-state index is 13.7. The summed E-state index contributed by atoms with van der Waals surface area (Å²) >= 11 is 11.8. The van der Waals surface area contributed by atoms with Crippen LogP contribution in [0.25, 0.3) is 22.4 Å². The number of halogens is 6. The lowest BCUT2D eigenvalue weighted by Crippen LogP contribution is -2.37. The van der Waals surface area contributed by atoms with Crippen LogP contribution < -0.4 is 11.1 Å². The topological polar surface area (TPSA) is 119 Å². The van der Waals surface area contributed by atoms with E-state index < -0.39 is 41.9 Å². The number of carboxylic acid groups (broad SMARTS) is 1. The predicted octanol–water partition coefficient (Wildman–Crippen LogP) is 7.03. The van der Waals surface area contributed by atoms with E-state index in [1.807, 2.05) is 25.1 Å². The van der Waals surface area contributed by atoms with Gasteiger partial charge in [-0.25, -0.2) is 9.97 Å². The van der Waals surface area contributed by atoms with Gasteiger partial charge >= 0.3 is 18.1 Å². The van der Waals surface area contributed by atoms with E-state index in [9.17, 15) is 31.9 Å². The molecule has 3 heterocycles. The Kier molecular flexibility index (Phi) is 7.60. The Morgan fingerprint density at radius 3 is 2.50 bits per heavy atom. The molecule has 15 heteroatoms. The molecule has 0 radical (unpaired) electrons. The lowest BCUT2D eigenvalue weighted by molar-refractivity contribution is -0.285. The fourth-order valence-electron chi connectivity index (χ4n) is 5.24. The molecule has 44 heavy (non-hydrogen) atoms. The van der Waals surface area contributed by atoms with Gasteiger partial charge in [0, 0.05) is 23.4 Å². The third-order valence-electron chi connectivity index (χ3n) is 7.83. The lowest BCUT2D eigenvalue weighted by Gasteiger charge is -2.27. The van der Waals surface area contributed by atoms with Crippen molar-refractivity contribution in [2.75, 3.05) is 11.1 Å². The van der Waals surface area contributed by atoms with Crippen molar-refractivity contribution in [2.24, 2.45) is 5.41 Å². The van der Waals surface area contributed by atoms with Gasteiger partial charge in [0.05, 0.1) is 26.9 Å². The molecular weight excluding hydrogens is 627 g/mol. The lowest BCUT2D eigenvalue weighted by atomic mass is 9.76. The molecule has 4 N–H and O–H groups in total. The van der Waals surface area contributed by atoms with E-state index >= 15 is 0 Å². The van der Waals surface area contributed by atoms with E-state index in [0.29, 0.717) is 15.9 Å². The second kappa shape index (κ2) is 10.6. The third kappa shape index (κ3) is 5.34. The molecule has 0 amide bonds. The van der Waals surface area contributed by atoms with Gasteiger partial charge in [0.1, 0.15) is 17.3 Å². The van der Waals surface area contributed by atoms with Gasteiger partial charge in [-0.15, -0.1) is 0 Å². The van der Waals surface area contributed by atoms with E-state index in [1.165, 1.54) is 18.2 Å². The first-order chi connectivity index (χ1) is 20.3. The molecular formula is C29H26ClF5N6O2S. The van der Waals surface area contributed by atoms with Gasteiger partial charge in [-0.3, -0.25) is 9.48 Å². The van der Waals surface area contributed by atoms with Gasteiger partial charge in [0.15, 0.2) is 5.82 Å². The zero-order valence-corrected chi connectivity index (χ0v) is 25.1. The van der Waals surface area contributed by atoms with Crippen molar-refractivity contribution in [3.8, 4) is 11.5 Å². The van der Waals surface area contributed by atoms with Crippen molar-refractivity contribution in [3.63, 3.8) is 0 Å². The molecule has 0 fully saturated rings. The van der Waals surface area contributed by atoms with E-state index in [0.717, 1.165) is 15.8 Å². The maximum Gasteiger partial charge on any atom is 0.453 e. The molecule has 232 valence electrons. The predicted molar refractivity (Wildman–Crippen MR) is 160 cm³/mol. The summed E-state index contributed by atoms with van der Waals surface area (Å²) in [7, 11) is 0. The highest BCUT2D eigenvalue weighted by molar-refractivity contribution is 7.80. The van der Waals surface area contributed by atoms with Crippen molar-refractivity contribution in [1.29, 1.82) is 0 Å². The molecule has 0 saturated carbocycles. The second-order valence-electron chi connectivity index (χ2n) is 11.5. The number of nitrogens with two attached hydrogens (primary N) is 1. The molecule has 0 aliphatic carbocycles. The van der Waals surface area contributed by atoms with Gasteiger partial charge in [0.25, 0.3) is 0 Å². The smallest absolute Gasteiger partial charge is 0.453 e. The summed E-state index contributed by atoms with van der Waals surface area (Å²) < 4.78 is 67.0. The molecule has 1 aliphatic rings. The Labute approximate surface area is 258 Å². The Morgan fingerprint density at radius 2 is 1.84 bits per heavy atom. The quantitative estimate of drug-likeness (QED) is 0.137. The molecule has 8 nitrogen and oxygen atoms in total. The van der Waals surface area contributed by atoms with Gasteiger partial charge in [0.2, 0.25) is 0 Å². The first-order valence-corrected chi connectivity index (χ1v) is 14.1. The third-order valence-corrected chi connectivity index (χ3v) is 8.58. The number of fused-ring (bicyclic) bond motifs is 2. The van der Waals surface area contributed by atoms with Crippen molar-refractivity contribution in [3.05, 3.63) is 64.2 Å². The van der Waals surface area contributed by atoms with Crippen LogP contribution in [0.5, 0.6) is 0 Å². The molecule has 2 aromatic carbocycles. The number of carboxylic acids is 1. The molecule has 1 atom stereocenters. The molecule has 1 aliphatic heterocycles. The van der Waals surface area contributed by atoms with Crippen molar-refractivity contribution < 1.29 is 31.9 Å². The van der Waals surface area contributed by atoms with Crippen LogP contribution in [0.1, 0.15) is 43.9 Å². The summed E-state index contributed by atoms with van der Waals surface area (Å²) in [6.45, 7) is 4.34. The zero-order chi connectivity index (χ0) is 32.4. The van der Waals surface area contributed by atoms with Crippen LogP contribution in [-0.2, 0) is 23.2 Å². The van der Waals surface area contributed by atoms with Crippen LogP contribution in [0.3, 0.4) is 0 Å². The highest BCUT2D eigenvalue weighted by atomic mass is 35.5. The molecule has 0 saturated heterocycles. The summed E-state index contributed by atoms with van der Waals surface area (Å²) in [6, 6.07) is 11.8. The van der Waals surface area contributed by atoms with Gasteiger partial charge in [-0.1, -0.05) is 48.1 Å². The number of benzene rings is 2. The average Bonchev–Trinajstić information content (AvgIpc) is 3.41. The number of aromatic nitrogens is 4. The van der Waals surface area contributed by atoms with E-state index in [4.69, 9.17) is 29.6 Å². The molecule has 5 rings (SSSR count). The Hall–Kier alpha value is -3.91. The van der Waals surface area contributed by atoms with Crippen molar-refractivity contribution in [2.45, 2.75) is 57.7 Å². The number of nitrogen functional groups attached to an aromatic ring is 1. The van der Waals surface area contributed by atoms with Crippen LogP contribution >= 0.6 is 23.8 Å². The van der Waals surface area contributed by atoms with Crippen LogP contribution in [0.2, 0.25) is 5.02 Å². The summed E-state index contributed by atoms with van der Waals surface area (Å²) in [5.41, 5.74) is 6.77. The monoisotopic (exact) mass is 652 g/mol. The number of hydrogen-bond acceptors (Lipinski definition) is 6. The maximum atomic E-state index is 13.7. The van der Waals surface area contributed by atoms with Crippen molar-refractivity contribution >= 4 is 57.3 Å². The van der Waals surface area contributed by atoms with Crippen LogP contribution in [0.4, 0.5) is 33.6 Å². The van der Waals surface area contributed by atoms with E-state index in [1.54, 1.807) is 19.9 Å². The van der Waals surface area contributed by atoms with Crippen molar-refractivity contribution in [1.82, 2.24) is 19.7 Å². The first kappa shape index (κ1) is 31.5. The second-order valence-corrected chi connectivity index (χ2v) is 12.3. The summed E-state index contributed by atoms with van der Waals surface area (Å²) in [4.78, 5) is 21.1. The Bertz CT molecular complexity index is 1830. The Morgan fingerprint density at radius 1 is 1.14 bits per heavy atom. The number of hydrogen-bond donors (Lipinski definition) is 3. The summed E-state index contributed by atoms with van der Waals surface area (Å²) in [6.07, 6.45) is -6.99. The number of aryl methyl sites for hydroxylation is 1. The van der Waals surface area contributed by atoms with E-state index in [-0.39, 0.29) is 40.1 Å². The van der Waals surface area contributed by atoms with Crippen LogP contribution in [0, 0.1) is 5.41 Å². The van der Waals surface area contributed by atoms with Gasteiger partial charge < -0.3 is 16.2 Å². The highest BCUT2D eigenvalue weighted by Gasteiger charge is 2.56. The normalized spacial score (nSPS) is 17.2. The fraction of sp³-hybridized carbons (Fsp3) is 0.345. The van der Waals surface area contributed by atoms with Crippen LogP contribution in [-0.4, -0.2) is 47.9 Å². The average molecular weight is 653 g/mol. The molecule has 0 spiro atoms. The summed E-state index contributed by atoms with van der Waals surface area (Å²) in [5.74, 6) is -5.56. The molecule has 1 unspecified atom stereocenters. The number of nitrogens with one attached hydrogen (secondary N) is 1. The number of anilines is 2. The Balaban J connectivity index is 1.56. The van der Waals surface area contributed by atoms with Gasteiger partial charge in [-0.05, 0) is 56.5 Å². The van der Waals surface area contributed by atoms with E-state index in [2.05, 4.69) is 20.4 Å². The molecule has 0 bridgehead atoms. The number of carbonyl (C=O) groups is 1. The fourth-order valence-corrected chi connectivity index (χ4v) is 5.72. The largest absolute Gasteiger partial charge is 0.481 e. The highest BCUT2D eigenvalue weighted by Crippen LogP contribution is 2.46. The summed E-state index contributed by atoms with van der Waals surface area (Å²) in [5, 5.41) is 17.5. The standard InChI is InChI=1S/C29H26ClF5N6O2S/c1-26(2,25(42)43)13-14-5-4-6-15(11-14)27(3)19-21(36)37-23(38-22(19)39-24(27)44)20-17-8-7-16(30)12-18(17)41(40-20)10-9-28(31,32)29(33,34)35/h4-8,11-12H,9-10,13H2,1-3H3,(H,42,43)(H3,36,37,38,39,44). The number of thiocarbonyl (C=S) groups is 1. The zero-order valence-electron chi connectivity index (χ0n) is 23.6. The first-order valence-electron chi connectivity index (χ1n) is 13.3. The number of aliphatic carboxylic acids is 1. The number of rotatable bonds is 8. The molecule has 2 aromatic heterocycles. The minimum atomic E-state index is -5.71. The minimum Gasteiger partial charge on any atom is -0.481 e. The molecule has 4 aromatic rings.